The fraction of sp³-hybridized carbons (Fsp3) is 0.368. The van der Waals surface area contributed by atoms with Gasteiger partial charge < -0.3 is 20.5 Å². The van der Waals surface area contributed by atoms with Gasteiger partial charge in [0.1, 0.15) is 5.00 Å². The number of fused-ring (bicyclic) bond motifs is 1. The topological polar surface area (TPSA) is 90.6 Å². The number of amides is 2. The van der Waals surface area contributed by atoms with Crippen LogP contribution in [-0.4, -0.2) is 25.5 Å². The van der Waals surface area contributed by atoms with E-state index in [2.05, 4.69) is 17.0 Å². The Balaban J connectivity index is 1.97. The van der Waals surface area contributed by atoms with Crippen LogP contribution in [-0.2, 0) is 12.8 Å². The molecule has 6 nitrogen and oxygen atoms in total. The molecule has 9 heteroatoms. The van der Waals surface area contributed by atoms with Crippen LogP contribution >= 0.6 is 11.3 Å². The highest BCUT2D eigenvalue weighted by Crippen LogP contribution is 2.40. The van der Waals surface area contributed by atoms with Gasteiger partial charge >= 0.3 is 6.61 Å². The first-order valence-electron chi connectivity index (χ1n) is 8.69. The summed E-state index contributed by atoms with van der Waals surface area (Å²) in [6, 6.07) is 4.24. The van der Waals surface area contributed by atoms with Crippen molar-refractivity contribution in [1.29, 1.82) is 0 Å². The van der Waals surface area contributed by atoms with Gasteiger partial charge in [-0.15, -0.1) is 11.3 Å². The van der Waals surface area contributed by atoms with E-state index in [-0.39, 0.29) is 17.1 Å². The summed E-state index contributed by atoms with van der Waals surface area (Å²) in [5.41, 5.74) is 6.57. The number of rotatable bonds is 6. The Morgan fingerprint density at radius 1 is 1.36 bits per heavy atom. The number of para-hydroxylation sites is 1. The summed E-state index contributed by atoms with van der Waals surface area (Å²) in [5, 5.41) is 2.97. The van der Waals surface area contributed by atoms with E-state index in [9.17, 15) is 18.4 Å². The Morgan fingerprint density at radius 2 is 2.11 bits per heavy atom. The van der Waals surface area contributed by atoms with Crippen LogP contribution in [0, 0.1) is 5.92 Å². The minimum Gasteiger partial charge on any atom is -0.493 e. The molecule has 1 aliphatic carbocycles. The summed E-state index contributed by atoms with van der Waals surface area (Å²) in [6.45, 7) is -1.01. The van der Waals surface area contributed by atoms with E-state index in [0.29, 0.717) is 22.9 Å². The first-order chi connectivity index (χ1) is 13.3. The number of hydrogen-bond acceptors (Lipinski definition) is 5. The minimum absolute atomic E-state index is 0.00220. The zero-order valence-corrected chi connectivity index (χ0v) is 16.2. The Kier molecular flexibility index (Phi) is 5.83. The highest BCUT2D eigenvalue weighted by molar-refractivity contribution is 7.17. The van der Waals surface area contributed by atoms with Gasteiger partial charge in [-0.2, -0.15) is 8.78 Å². The van der Waals surface area contributed by atoms with Crippen molar-refractivity contribution in [3.8, 4) is 11.5 Å². The van der Waals surface area contributed by atoms with Crippen molar-refractivity contribution < 1.29 is 27.8 Å². The summed E-state index contributed by atoms with van der Waals surface area (Å²) in [4.78, 5) is 25.8. The van der Waals surface area contributed by atoms with Gasteiger partial charge in [-0.3, -0.25) is 9.59 Å². The number of benzene rings is 1. The summed E-state index contributed by atoms with van der Waals surface area (Å²) in [5.74, 6) is -1.21. The molecule has 0 radical (unpaired) electrons. The SMILES string of the molecule is COc1cccc(C(=O)Nc2sc3c(c2C(N)=O)CCC(C)C3)c1OC(F)F. The van der Waals surface area contributed by atoms with Crippen LogP contribution < -0.4 is 20.5 Å². The number of anilines is 1. The molecule has 0 saturated carbocycles. The molecule has 0 spiro atoms. The van der Waals surface area contributed by atoms with E-state index in [1.54, 1.807) is 0 Å². The standard InChI is InChI=1S/C19H20F2N2O4S/c1-9-6-7-10-13(8-9)28-18(14(10)16(22)24)23-17(25)11-4-3-5-12(26-2)15(11)27-19(20)21/h3-5,9,19H,6-8H2,1-2H3,(H2,22,24)(H,23,25). The quantitative estimate of drug-likeness (QED) is 0.757. The summed E-state index contributed by atoms with van der Waals surface area (Å²) >= 11 is 1.29. The summed E-state index contributed by atoms with van der Waals surface area (Å²) in [6.07, 6.45) is 2.44. The number of halogens is 2. The molecule has 0 bridgehead atoms. The maximum Gasteiger partial charge on any atom is 0.387 e. The van der Waals surface area contributed by atoms with Gasteiger partial charge in [0.2, 0.25) is 0 Å². The predicted octanol–water partition coefficient (Wildman–Crippen LogP) is 3.83. The summed E-state index contributed by atoms with van der Waals surface area (Å²) < 4.78 is 35.1. The largest absolute Gasteiger partial charge is 0.493 e. The van der Waals surface area contributed by atoms with Crippen LogP contribution in [0.25, 0.3) is 0 Å². The number of primary amides is 1. The molecular formula is C19H20F2N2O4S. The van der Waals surface area contributed by atoms with Gasteiger partial charge in [0, 0.05) is 4.88 Å². The molecule has 150 valence electrons. The van der Waals surface area contributed by atoms with Crippen LogP contribution in [0.15, 0.2) is 18.2 Å². The van der Waals surface area contributed by atoms with E-state index in [0.717, 1.165) is 23.3 Å². The minimum atomic E-state index is -3.13. The van der Waals surface area contributed by atoms with E-state index < -0.39 is 18.4 Å². The lowest BCUT2D eigenvalue weighted by atomic mass is 9.88. The Bertz CT molecular complexity index is 914. The molecule has 1 heterocycles. The smallest absolute Gasteiger partial charge is 0.387 e. The second kappa shape index (κ2) is 8.14. The number of ether oxygens (including phenoxy) is 2. The molecule has 0 saturated heterocycles. The van der Waals surface area contributed by atoms with E-state index >= 15 is 0 Å². The molecule has 3 N–H and O–H groups in total. The van der Waals surface area contributed by atoms with E-state index in [1.165, 1.54) is 36.6 Å². The van der Waals surface area contributed by atoms with Crippen LogP contribution in [0.2, 0.25) is 0 Å². The van der Waals surface area contributed by atoms with Crippen molar-refractivity contribution in [2.24, 2.45) is 11.7 Å². The lowest BCUT2D eigenvalue weighted by molar-refractivity contribution is -0.0515. The Hall–Kier alpha value is -2.68. The van der Waals surface area contributed by atoms with Crippen molar-refractivity contribution in [2.75, 3.05) is 12.4 Å². The number of thiophene rings is 1. The van der Waals surface area contributed by atoms with E-state index in [4.69, 9.17) is 10.5 Å². The predicted molar refractivity (Wildman–Crippen MR) is 102 cm³/mol. The molecule has 1 aromatic heterocycles. The van der Waals surface area contributed by atoms with Gasteiger partial charge in [0.25, 0.3) is 11.8 Å². The zero-order valence-electron chi connectivity index (χ0n) is 15.4. The number of nitrogens with two attached hydrogens (primary N) is 1. The molecule has 2 aromatic rings. The molecule has 0 aliphatic heterocycles. The van der Waals surface area contributed by atoms with Crippen LogP contribution in [0.1, 0.15) is 44.5 Å². The maximum absolute atomic E-state index is 12.8. The highest BCUT2D eigenvalue weighted by Gasteiger charge is 2.28. The zero-order chi connectivity index (χ0) is 20.4. The number of nitrogens with one attached hydrogen (secondary N) is 1. The molecule has 1 unspecified atom stereocenters. The number of carbonyl (C=O) groups excluding carboxylic acids is 2. The third-order valence-corrected chi connectivity index (χ3v) is 5.81. The monoisotopic (exact) mass is 410 g/mol. The van der Waals surface area contributed by atoms with Gasteiger partial charge in [-0.25, -0.2) is 0 Å². The normalized spacial score (nSPS) is 15.8. The highest BCUT2D eigenvalue weighted by atomic mass is 32.1. The second-order valence-electron chi connectivity index (χ2n) is 6.59. The lowest BCUT2D eigenvalue weighted by Gasteiger charge is -2.18. The van der Waals surface area contributed by atoms with Crippen molar-refractivity contribution in [2.45, 2.75) is 32.8 Å². The third kappa shape index (κ3) is 3.94. The maximum atomic E-state index is 12.8. The van der Waals surface area contributed by atoms with E-state index in [1.807, 2.05) is 0 Å². The van der Waals surface area contributed by atoms with Crippen LogP contribution in [0.4, 0.5) is 13.8 Å². The fourth-order valence-corrected chi connectivity index (χ4v) is 4.75. The summed E-state index contributed by atoms with van der Waals surface area (Å²) in [7, 11) is 1.29. The first-order valence-corrected chi connectivity index (χ1v) is 9.51. The second-order valence-corrected chi connectivity index (χ2v) is 7.69. The number of alkyl halides is 2. The molecule has 3 rings (SSSR count). The lowest BCUT2D eigenvalue weighted by Crippen LogP contribution is -2.20. The number of hydrogen-bond donors (Lipinski definition) is 2. The van der Waals surface area contributed by atoms with Crippen molar-refractivity contribution in [1.82, 2.24) is 0 Å². The Morgan fingerprint density at radius 3 is 2.75 bits per heavy atom. The number of methoxy groups -OCH3 is 1. The molecule has 1 aliphatic rings. The molecule has 28 heavy (non-hydrogen) atoms. The Labute approximate surface area is 164 Å². The van der Waals surface area contributed by atoms with Crippen LogP contribution in [0.3, 0.4) is 0 Å². The molecule has 1 aromatic carbocycles. The molecule has 0 fully saturated rings. The van der Waals surface area contributed by atoms with Gasteiger partial charge in [0.05, 0.1) is 18.2 Å². The van der Waals surface area contributed by atoms with Crippen molar-refractivity contribution in [3.05, 3.63) is 39.8 Å². The van der Waals surface area contributed by atoms with Gasteiger partial charge in [-0.05, 0) is 42.9 Å². The molecule has 2 amide bonds. The third-order valence-electron chi connectivity index (χ3n) is 4.64. The molecular weight excluding hydrogens is 390 g/mol. The average Bonchev–Trinajstić information content (AvgIpc) is 2.98. The number of carbonyl (C=O) groups is 2. The van der Waals surface area contributed by atoms with Gasteiger partial charge in [-0.1, -0.05) is 13.0 Å². The van der Waals surface area contributed by atoms with Crippen molar-refractivity contribution in [3.63, 3.8) is 0 Å². The van der Waals surface area contributed by atoms with Crippen molar-refractivity contribution >= 4 is 28.2 Å². The van der Waals surface area contributed by atoms with Crippen LogP contribution in [0.5, 0.6) is 11.5 Å². The first kappa shape index (κ1) is 20.1. The van der Waals surface area contributed by atoms with Gasteiger partial charge in [0.15, 0.2) is 11.5 Å². The fourth-order valence-electron chi connectivity index (χ4n) is 3.34. The average molecular weight is 410 g/mol. The molecule has 1 atom stereocenters.